The molecule has 4 heteroatoms. The number of aromatic nitrogens is 1. The molecule has 124 valence electrons. The van der Waals surface area contributed by atoms with Crippen molar-refractivity contribution in [3.63, 3.8) is 0 Å². The van der Waals surface area contributed by atoms with Gasteiger partial charge < -0.3 is 15.2 Å². The fourth-order valence-corrected chi connectivity index (χ4v) is 2.89. The van der Waals surface area contributed by atoms with Crippen molar-refractivity contribution in [3.8, 4) is 0 Å². The zero-order chi connectivity index (χ0) is 16.8. The van der Waals surface area contributed by atoms with E-state index in [1.165, 1.54) is 10.9 Å². The number of amides is 2. The van der Waals surface area contributed by atoms with E-state index in [1.807, 2.05) is 60.5 Å². The first-order chi connectivity index (χ1) is 11.8. The first kappa shape index (κ1) is 16.1. The quantitative estimate of drug-likeness (QED) is 0.710. The molecular weight excluding hydrogens is 298 g/mol. The van der Waals surface area contributed by atoms with E-state index in [9.17, 15) is 4.79 Å². The number of nitrogens with zero attached hydrogens (tertiary/aromatic N) is 1. The first-order valence-electron chi connectivity index (χ1n) is 8.39. The summed E-state index contributed by atoms with van der Waals surface area (Å²) in [5.41, 5.74) is 3.52. The number of rotatable bonds is 6. The Balaban J connectivity index is 1.54. The van der Waals surface area contributed by atoms with Gasteiger partial charge in [0.15, 0.2) is 0 Å². The molecule has 0 atom stereocenters. The maximum absolute atomic E-state index is 12.4. The predicted molar refractivity (Wildman–Crippen MR) is 97.9 cm³/mol. The number of nitrogens with one attached hydrogen (secondary N) is 2. The van der Waals surface area contributed by atoms with Gasteiger partial charge in [0.25, 0.3) is 0 Å². The van der Waals surface area contributed by atoms with E-state index in [-0.39, 0.29) is 6.03 Å². The summed E-state index contributed by atoms with van der Waals surface area (Å²) in [4.78, 5) is 17.5. The Bertz CT molecular complexity index is 795. The molecule has 0 aliphatic carbocycles. The van der Waals surface area contributed by atoms with E-state index in [0.717, 1.165) is 17.5 Å². The Hall–Kier alpha value is -2.75. The lowest BCUT2D eigenvalue weighted by atomic mass is 10.1. The van der Waals surface area contributed by atoms with Gasteiger partial charge >= 0.3 is 6.03 Å². The van der Waals surface area contributed by atoms with Crippen LogP contribution in [-0.4, -0.2) is 29.0 Å². The number of para-hydroxylation sites is 1. The number of benzene rings is 2. The van der Waals surface area contributed by atoms with E-state index < -0.39 is 0 Å². The summed E-state index contributed by atoms with van der Waals surface area (Å²) in [6, 6.07) is 18.3. The van der Waals surface area contributed by atoms with Crippen LogP contribution in [0.1, 0.15) is 18.1 Å². The molecule has 2 N–H and O–H groups in total. The van der Waals surface area contributed by atoms with Crippen LogP contribution >= 0.6 is 0 Å². The molecule has 1 aromatic heterocycles. The highest BCUT2D eigenvalue weighted by atomic mass is 16.2. The third kappa shape index (κ3) is 3.77. The number of hydrogen-bond acceptors (Lipinski definition) is 1. The minimum atomic E-state index is -0.0128. The van der Waals surface area contributed by atoms with Crippen LogP contribution in [0.4, 0.5) is 4.79 Å². The number of H-pyrrole nitrogens is 1. The Morgan fingerprint density at radius 1 is 1.08 bits per heavy atom. The molecule has 1 heterocycles. The van der Waals surface area contributed by atoms with Crippen molar-refractivity contribution in [3.05, 3.63) is 71.9 Å². The fraction of sp³-hybridized carbons (Fsp3) is 0.250. The number of fused-ring (bicyclic) bond motifs is 1. The predicted octanol–water partition coefficient (Wildman–Crippen LogP) is 3.94. The molecule has 0 fully saturated rings. The van der Waals surface area contributed by atoms with Crippen molar-refractivity contribution in [1.82, 2.24) is 15.2 Å². The third-order valence-corrected chi connectivity index (χ3v) is 4.23. The van der Waals surface area contributed by atoms with Gasteiger partial charge in [0.1, 0.15) is 0 Å². The molecule has 0 saturated carbocycles. The SMILES string of the molecule is CCN(Cc1ccccc1)C(=O)NCCc1c[nH]c2ccccc12. The van der Waals surface area contributed by atoms with Gasteiger partial charge in [0.05, 0.1) is 0 Å². The Morgan fingerprint density at radius 2 is 1.83 bits per heavy atom. The van der Waals surface area contributed by atoms with Crippen molar-refractivity contribution >= 4 is 16.9 Å². The highest BCUT2D eigenvalue weighted by Gasteiger charge is 2.11. The summed E-state index contributed by atoms with van der Waals surface area (Å²) in [5.74, 6) is 0. The molecule has 4 nitrogen and oxygen atoms in total. The molecule has 3 rings (SSSR count). The number of hydrogen-bond donors (Lipinski definition) is 2. The summed E-state index contributed by atoms with van der Waals surface area (Å²) < 4.78 is 0. The van der Waals surface area contributed by atoms with Crippen molar-refractivity contribution in [2.24, 2.45) is 0 Å². The maximum atomic E-state index is 12.4. The molecule has 2 amide bonds. The minimum absolute atomic E-state index is 0.0128. The minimum Gasteiger partial charge on any atom is -0.361 e. The number of urea groups is 1. The van der Waals surface area contributed by atoms with Crippen LogP contribution in [0, 0.1) is 0 Å². The summed E-state index contributed by atoms with van der Waals surface area (Å²) >= 11 is 0. The molecule has 2 aromatic carbocycles. The van der Waals surface area contributed by atoms with Crippen LogP contribution in [0.2, 0.25) is 0 Å². The number of aromatic amines is 1. The van der Waals surface area contributed by atoms with Gasteiger partial charge in [-0.1, -0.05) is 48.5 Å². The first-order valence-corrected chi connectivity index (χ1v) is 8.39. The van der Waals surface area contributed by atoms with E-state index >= 15 is 0 Å². The Morgan fingerprint density at radius 3 is 2.62 bits per heavy atom. The standard InChI is InChI=1S/C20H23N3O/c1-2-23(15-16-8-4-3-5-9-16)20(24)21-13-12-17-14-22-19-11-7-6-10-18(17)19/h3-11,14,22H,2,12-13,15H2,1H3,(H,21,24). The van der Waals surface area contributed by atoms with E-state index in [1.54, 1.807) is 0 Å². The molecule has 0 radical (unpaired) electrons. The summed E-state index contributed by atoms with van der Waals surface area (Å²) in [6.45, 7) is 3.96. The lowest BCUT2D eigenvalue weighted by Crippen LogP contribution is -2.40. The van der Waals surface area contributed by atoms with Crippen LogP contribution in [0.5, 0.6) is 0 Å². The lowest BCUT2D eigenvalue weighted by molar-refractivity contribution is 0.198. The van der Waals surface area contributed by atoms with Gasteiger partial charge in [-0.15, -0.1) is 0 Å². The highest BCUT2D eigenvalue weighted by molar-refractivity contribution is 5.83. The molecule has 0 aliphatic rings. The number of carbonyl (C=O) groups excluding carboxylic acids is 1. The van der Waals surface area contributed by atoms with E-state index in [2.05, 4.69) is 22.4 Å². The molecule has 0 bridgehead atoms. The monoisotopic (exact) mass is 321 g/mol. The van der Waals surface area contributed by atoms with E-state index in [0.29, 0.717) is 19.6 Å². The molecular formula is C20H23N3O. The zero-order valence-electron chi connectivity index (χ0n) is 14.0. The summed E-state index contributed by atoms with van der Waals surface area (Å²) in [6.07, 6.45) is 2.84. The normalized spacial score (nSPS) is 10.7. The average Bonchev–Trinajstić information content (AvgIpc) is 3.04. The van der Waals surface area contributed by atoms with Gasteiger partial charge in [-0.25, -0.2) is 4.79 Å². The van der Waals surface area contributed by atoms with Crippen molar-refractivity contribution in [1.29, 1.82) is 0 Å². The summed E-state index contributed by atoms with van der Waals surface area (Å²) in [5, 5.41) is 4.26. The van der Waals surface area contributed by atoms with Crippen molar-refractivity contribution in [2.45, 2.75) is 19.9 Å². The maximum Gasteiger partial charge on any atom is 0.317 e. The zero-order valence-corrected chi connectivity index (χ0v) is 14.0. The van der Waals surface area contributed by atoms with Crippen LogP contribution in [0.25, 0.3) is 10.9 Å². The Labute approximate surface area is 142 Å². The van der Waals surface area contributed by atoms with Gasteiger partial charge in [-0.3, -0.25) is 0 Å². The van der Waals surface area contributed by atoms with Crippen molar-refractivity contribution < 1.29 is 4.79 Å². The van der Waals surface area contributed by atoms with E-state index in [4.69, 9.17) is 0 Å². The summed E-state index contributed by atoms with van der Waals surface area (Å²) in [7, 11) is 0. The van der Waals surface area contributed by atoms with Gasteiger partial charge in [0.2, 0.25) is 0 Å². The van der Waals surface area contributed by atoms with Crippen LogP contribution < -0.4 is 5.32 Å². The van der Waals surface area contributed by atoms with Crippen LogP contribution in [0.15, 0.2) is 60.8 Å². The molecule has 0 saturated heterocycles. The molecule has 0 unspecified atom stereocenters. The van der Waals surface area contributed by atoms with Crippen molar-refractivity contribution in [2.75, 3.05) is 13.1 Å². The molecule has 0 spiro atoms. The second-order valence-electron chi connectivity index (χ2n) is 5.84. The van der Waals surface area contributed by atoms with Gasteiger partial charge in [-0.05, 0) is 30.5 Å². The molecule has 0 aliphatic heterocycles. The van der Waals surface area contributed by atoms with Crippen LogP contribution in [0.3, 0.4) is 0 Å². The number of carbonyl (C=O) groups is 1. The second kappa shape index (κ2) is 7.68. The second-order valence-corrected chi connectivity index (χ2v) is 5.84. The smallest absolute Gasteiger partial charge is 0.317 e. The van der Waals surface area contributed by atoms with Crippen LogP contribution in [-0.2, 0) is 13.0 Å². The topological polar surface area (TPSA) is 48.1 Å². The largest absolute Gasteiger partial charge is 0.361 e. The highest BCUT2D eigenvalue weighted by Crippen LogP contribution is 2.17. The van der Waals surface area contributed by atoms with Gasteiger partial charge in [-0.2, -0.15) is 0 Å². The van der Waals surface area contributed by atoms with Gasteiger partial charge in [0, 0.05) is 36.7 Å². The molecule has 24 heavy (non-hydrogen) atoms. The molecule has 3 aromatic rings. The fourth-order valence-electron chi connectivity index (χ4n) is 2.89. The third-order valence-electron chi connectivity index (χ3n) is 4.23. The lowest BCUT2D eigenvalue weighted by Gasteiger charge is -2.21. The average molecular weight is 321 g/mol. The Kier molecular flexibility index (Phi) is 5.16.